The number of hydrogen-bond donors (Lipinski definition) is 3. The van der Waals surface area contributed by atoms with Gasteiger partial charge in [0.2, 0.25) is 11.8 Å². The quantitative estimate of drug-likeness (QED) is 0.344. The molecule has 2 aromatic carbocycles. The number of nitrogens with one attached hydrogen (secondary N) is 1. The Morgan fingerprint density at radius 3 is 2.27 bits per heavy atom. The van der Waals surface area contributed by atoms with Crippen molar-refractivity contribution in [3.8, 4) is 0 Å². The van der Waals surface area contributed by atoms with Crippen LogP contribution in [0.1, 0.15) is 48.5 Å². The molecule has 33 heavy (non-hydrogen) atoms. The van der Waals surface area contributed by atoms with E-state index < -0.39 is 4.92 Å². The Bertz CT molecular complexity index is 1070. The summed E-state index contributed by atoms with van der Waals surface area (Å²) in [6.07, 6.45) is 4.94. The summed E-state index contributed by atoms with van der Waals surface area (Å²) in [5, 5.41) is 15.1. The lowest BCUT2D eigenvalue weighted by molar-refractivity contribution is -0.385. The number of anilines is 2. The molecular weight excluding hydrogens is 416 g/mol. The Kier molecular flexibility index (Phi) is 7.14. The maximum Gasteiger partial charge on any atom is 0.332 e. The Morgan fingerprint density at radius 2 is 1.64 bits per heavy atom. The van der Waals surface area contributed by atoms with Gasteiger partial charge in [-0.05, 0) is 55.6 Å². The van der Waals surface area contributed by atoms with Crippen LogP contribution in [0.15, 0.2) is 60.7 Å². The van der Waals surface area contributed by atoms with Crippen molar-refractivity contribution in [3.63, 3.8) is 0 Å². The summed E-state index contributed by atoms with van der Waals surface area (Å²) in [6, 6.07) is 20.3. The highest BCUT2D eigenvalue weighted by Crippen LogP contribution is 2.33. The molecule has 1 unspecified atom stereocenters. The molecule has 1 aliphatic rings. The van der Waals surface area contributed by atoms with Crippen molar-refractivity contribution in [1.82, 2.24) is 9.97 Å². The molecule has 8 heteroatoms. The van der Waals surface area contributed by atoms with Crippen LogP contribution in [0, 0.1) is 16.0 Å². The summed E-state index contributed by atoms with van der Waals surface area (Å²) in [7, 11) is 0. The molecule has 1 saturated carbocycles. The Hall–Kier alpha value is -3.52. The van der Waals surface area contributed by atoms with Gasteiger partial charge >= 0.3 is 5.69 Å². The molecule has 4 rings (SSSR count). The fourth-order valence-electron chi connectivity index (χ4n) is 4.54. The largest absolute Gasteiger partial charge is 0.378 e. The minimum absolute atomic E-state index is 0.105. The SMILES string of the molecule is Nc1nc(NC(Cc2ccccc2)c2ccccc2)nc(CC2CCC(N)CC2)c1[N+](=O)[O-]. The van der Waals surface area contributed by atoms with Crippen LogP contribution in [0.2, 0.25) is 0 Å². The van der Waals surface area contributed by atoms with Crippen LogP contribution in [-0.4, -0.2) is 20.9 Å². The van der Waals surface area contributed by atoms with Crippen LogP contribution >= 0.6 is 0 Å². The predicted molar refractivity (Wildman–Crippen MR) is 130 cm³/mol. The highest BCUT2D eigenvalue weighted by atomic mass is 16.6. The lowest BCUT2D eigenvalue weighted by Crippen LogP contribution is -2.27. The molecule has 0 saturated heterocycles. The van der Waals surface area contributed by atoms with Gasteiger partial charge in [0.25, 0.3) is 0 Å². The van der Waals surface area contributed by atoms with E-state index >= 15 is 0 Å². The van der Waals surface area contributed by atoms with Crippen LogP contribution < -0.4 is 16.8 Å². The zero-order chi connectivity index (χ0) is 23.2. The van der Waals surface area contributed by atoms with Crippen molar-refractivity contribution in [3.05, 3.63) is 87.6 Å². The van der Waals surface area contributed by atoms with Gasteiger partial charge in [-0.2, -0.15) is 4.98 Å². The first-order valence-electron chi connectivity index (χ1n) is 11.4. The number of benzene rings is 2. The molecule has 0 amide bonds. The monoisotopic (exact) mass is 446 g/mol. The smallest absolute Gasteiger partial charge is 0.332 e. The maximum atomic E-state index is 11.7. The third kappa shape index (κ3) is 5.84. The number of nitrogens with two attached hydrogens (primary N) is 2. The minimum atomic E-state index is -0.471. The maximum absolute atomic E-state index is 11.7. The molecular formula is C25H30N6O2. The second kappa shape index (κ2) is 10.4. The first kappa shape index (κ1) is 22.7. The third-order valence-corrected chi connectivity index (χ3v) is 6.33. The first-order chi connectivity index (χ1) is 16.0. The van der Waals surface area contributed by atoms with Crippen molar-refractivity contribution < 1.29 is 4.92 Å². The first-order valence-corrected chi connectivity index (χ1v) is 11.4. The summed E-state index contributed by atoms with van der Waals surface area (Å²) < 4.78 is 0. The molecule has 1 aliphatic carbocycles. The van der Waals surface area contributed by atoms with Gasteiger partial charge in [0.1, 0.15) is 5.69 Å². The predicted octanol–water partition coefficient (Wildman–Crippen LogP) is 4.42. The third-order valence-electron chi connectivity index (χ3n) is 6.33. The van der Waals surface area contributed by atoms with E-state index in [0.717, 1.165) is 36.8 Å². The highest BCUT2D eigenvalue weighted by molar-refractivity contribution is 5.58. The minimum Gasteiger partial charge on any atom is -0.378 e. The number of nitrogens with zero attached hydrogens (tertiary/aromatic N) is 3. The van der Waals surface area contributed by atoms with Gasteiger partial charge in [0.15, 0.2) is 0 Å². The van der Waals surface area contributed by atoms with Gasteiger partial charge in [-0.3, -0.25) is 10.1 Å². The second-order valence-electron chi connectivity index (χ2n) is 8.77. The molecule has 1 heterocycles. The summed E-state index contributed by atoms with van der Waals surface area (Å²) >= 11 is 0. The molecule has 1 fully saturated rings. The number of nitro groups is 1. The lowest BCUT2D eigenvalue weighted by atomic mass is 9.83. The lowest BCUT2D eigenvalue weighted by Gasteiger charge is -2.26. The van der Waals surface area contributed by atoms with Crippen molar-refractivity contribution in [2.24, 2.45) is 11.7 Å². The molecule has 1 atom stereocenters. The Labute approximate surface area is 193 Å². The van der Waals surface area contributed by atoms with E-state index in [0.29, 0.717) is 30.4 Å². The molecule has 0 aliphatic heterocycles. The standard InChI is InChI=1S/C25H30N6O2/c26-20-13-11-18(12-14-20)16-22-23(31(32)33)24(27)30-25(29-22)28-21(19-9-5-2-6-10-19)15-17-7-3-1-4-8-17/h1-10,18,20-21H,11-16,26H2,(H3,27,28,29,30). The number of hydrogen-bond acceptors (Lipinski definition) is 7. The molecule has 8 nitrogen and oxygen atoms in total. The van der Waals surface area contributed by atoms with E-state index in [-0.39, 0.29) is 23.6 Å². The van der Waals surface area contributed by atoms with Gasteiger partial charge in [-0.1, -0.05) is 60.7 Å². The zero-order valence-electron chi connectivity index (χ0n) is 18.6. The van der Waals surface area contributed by atoms with Crippen molar-refractivity contribution in [2.45, 2.75) is 50.6 Å². The summed E-state index contributed by atoms with van der Waals surface area (Å²) in [6.45, 7) is 0. The fourth-order valence-corrected chi connectivity index (χ4v) is 4.54. The molecule has 172 valence electrons. The van der Waals surface area contributed by atoms with Crippen LogP contribution in [0.4, 0.5) is 17.5 Å². The summed E-state index contributed by atoms with van der Waals surface area (Å²) in [4.78, 5) is 20.1. The van der Waals surface area contributed by atoms with E-state index in [2.05, 4.69) is 27.4 Å². The van der Waals surface area contributed by atoms with Crippen LogP contribution in [0.25, 0.3) is 0 Å². The normalized spacial score (nSPS) is 19.1. The highest BCUT2D eigenvalue weighted by Gasteiger charge is 2.28. The van der Waals surface area contributed by atoms with Gasteiger partial charge in [0, 0.05) is 6.04 Å². The van der Waals surface area contributed by atoms with Crippen LogP contribution in [0.3, 0.4) is 0 Å². The average molecular weight is 447 g/mol. The van der Waals surface area contributed by atoms with Crippen LogP contribution in [0.5, 0.6) is 0 Å². The van der Waals surface area contributed by atoms with Crippen LogP contribution in [-0.2, 0) is 12.8 Å². The summed E-state index contributed by atoms with van der Waals surface area (Å²) in [5.74, 6) is 0.511. The number of rotatable bonds is 8. The Morgan fingerprint density at radius 1 is 1.00 bits per heavy atom. The van der Waals surface area contributed by atoms with Crippen molar-refractivity contribution in [2.75, 3.05) is 11.1 Å². The van der Waals surface area contributed by atoms with Crippen molar-refractivity contribution in [1.29, 1.82) is 0 Å². The number of aromatic nitrogens is 2. The Balaban J connectivity index is 1.63. The average Bonchev–Trinajstić information content (AvgIpc) is 2.81. The molecule has 3 aromatic rings. The molecule has 0 spiro atoms. The second-order valence-corrected chi connectivity index (χ2v) is 8.77. The molecule has 1 aromatic heterocycles. The molecule has 0 bridgehead atoms. The molecule has 0 radical (unpaired) electrons. The van der Waals surface area contributed by atoms with E-state index in [1.54, 1.807) is 0 Å². The molecule has 5 N–H and O–H groups in total. The summed E-state index contributed by atoms with van der Waals surface area (Å²) in [5.41, 5.74) is 14.5. The topological polar surface area (TPSA) is 133 Å². The van der Waals surface area contributed by atoms with Gasteiger partial charge in [-0.25, -0.2) is 4.98 Å². The van der Waals surface area contributed by atoms with E-state index in [1.807, 2.05) is 48.5 Å². The zero-order valence-corrected chi connectivity index (χ0v) is 18.6. The van der Waals surface area contributed by atoms with Gasteiger partial charge in [-0.15, -0.1) is 0 Å². The van der Waals surface area contributed by atoms with E-state index in [9.17, 15) is 10.1 Å². The van der Waals surface area contributed by atoms with E-state index in [4.69, 9.17) is 11.5 Å². The number of nitrogen functional groups attached to an aromatic ring is 1. The van der Waals surface area contributed by atoms with Crippen molar-refractivity contribution >= 4 is 17.5 Å². The van der Waals surface area contributed by atoms with Gasteiger partial charge in [0.05, 0.1) is 11.0 Å². The van der Waals surface area contributed by atoms with E-state index in [1.165, 1.54) is 0 Å². The fraction of sp³-hybridized carbons (Fsp3) is 0.360. The van der Waals surface area contributed by atoms with Gasteiger partial charge < -0.3 is 16.8 Å².